The van der Waals surface area contributed by atoms with E-state index < -0.39 is 6.10 Å². The molecule has 0 saturated heterocycles. The van der Waals surface area contributed by atoms with E-state index in [4.69, 9.17) is 9.47 Å². The van der Waals surface area contributed by atoms with Gasteiger partial charge in [-0.15, -0.1) is 0 Å². The molecule has 1 N–H and O–H groups in total. The molecule has 0 aliphatic carbocycles. The molecule has 0 fully saturated rings. The van der Waals surface area contributed by atoms with Crippen LogP contribution in [0.4, 0.5) is 0 Å². The van der Waals surface area contributed by atoms with Gasteiger partial charge in [0.2, 0.25) is 0 Å². The summed E-state index contributed by atoms with van der Waals surface area (Å²) >= 11 is 0. The normalized spacial score (nSPS) is 13.7. The summed E-state index contributed by atoms with van der Waals surface area (Å²) in [5.41, 5.74) is 2.23. The lowest BCUT2D eigenvalue weighted by Crippen LogP contribution is -2.26. The highest BCUT2D eigenvalue weighted by Crippen LogP contribution is 2.23. The van der Waals surface area contributed by atoms with Crippen LogP contribution in [0, 0.1) is 6.92 Å². The summed E-state index contributed by atoms with van der Waals surface area (Å²) < 4.78 is 10.6. The van der Waals surface area contributed by atoms with E-state index in [2.05, 4.69) is 25.2 Å². The zero-order valence-electron chi connectivity index (χ0n) is 13.0. The molecule has 1 rings (SSSR count). The van der Waals surface area contributed by atoms with Crippen molar-refractivity contribution in [1.29, 1.82) is 0 Å². The molecule has 0 amide bonds. The van der Waals surface area contributed by atoms with Gasteiger partial charge in [0, 0.05) is 6.04 Å². The molecule has 0 aliphatic heterocycles. The third kappa shape index (κ3) is 4.53. The first kappa shape index (κ1) is 16.5. The zero-order valence-corrected chi connectivity index (χ0v) is 13.0. The standard InChI is InChI=1S/C16H25NO3/c1-6-17-12(4)14-8-9-15(11(3)10-14)20-13(5)16(18)19-7-2/h8-10,12-13,17H,6-7H2,1-5H3. The molecule has 0 spiro atoms. The predicted octanol–water partition coefficient (Wildman–Crippen LogP) is 3.00. The first-order chi connectivity index (χ1) is 9.49. The lowest BCUT2D eigenvalue weighted by Gasteiger charge is -2.18. The number of esters is 1. The molecule has 0 aromatic heterocycles. The minimum absolute atomic E-state index is 0.301. The van der Waals surface area contributed by atoms with Gasteiger partial charge in [-0.2, -0.15) is 0 Å². The van der Waals surface area contributed by atoms with E-state index in [1.807, 2.05) is 19.1 Å². The molecule has 4 heteroatoms. The van der Waals surface area contributed by atoms with Crippen LogP contribution in [0.15, 0.2) is 18.2 Å². The number of ether oxygens (including phenoxy) is 2. The third-order valence-corrected chi connectivity index (χ3v) is 3.13. The van der Waals surface area contributed by atoms with Crippen molar-refractivity contribution in [3.05, 3.63) is 29.3 Å². The van der Waals surface area contributed by atoms with Crippen molar-refractivity contribution in [2.75, 3.05) is 13.2 Å². The van der Waals surface area contributed by atoms with Crippen LogP contribution in [-0.4, -0.2) is 25.2 Å². The highest BCUT2D eigenvalue weighted by molar-refractivity contribution is 5.74. The van der Waals surface area contributed by atoms with Gasteiger partial charge in [0.15, 0.2) is 6.10 Å². The highest BCUT2D eigenvalue weighted by atomic mass is 16.6. The van der Waals surface area contributed by atoms with Crippen molar-refractivity contribution in [3.63, 3.8) is 0 Å². The number of nitrogens with one attached hydrogen (secondary N) is 1. The van der Waals surface area contributed by atoms with Crippen LogP contribution in [0.3, 0.4) is 0 Å². The Morgan fingerprint density at radius 1 is 1.30 bits per heavy atom. The van der Waals surface area contributed by atoms with E-state index >= 15 is 0 Å². The van der Waals surface area contributed by atoms with E-state index in [-0.39, 0.29) is 5.97 Å². The molecule has 0 aliphatic rings. The Morgan fingerprint density at radius 2 is 2.00 bits per heavy atom. The minimum atomic E-state index is -0.592. The summed E-state index contributed by atoms with van der Waals surface area (Å²) in [6.07, 6.45) is -0.592. The first-order valence-electron chi connectivity index (χ1n) is 7.16. The molecule has 0 radical (unpaired) electrons. The number of hydrogen-bond acceptors (Lipinski definition) is 4. The lowest BCUT2D eigenvalue weighted by atomic mass is 10.0. The van der Waals surface area contributed by atoms with Crippen molar-refractivity contribution >= 4 is 5.97 Å². The fourth-order valence-corrected chi connectivity index (χ4v) is 2.00. The number of carbonyl (C=O) groups excluding carboxylic acids is 1. The summed E-state index contributed by atoms with van der Waals surface area (Å²) in [5.74, 6) is 0.384. The maximum absolute atomic E-state index is 11.6. The number of benzene rings is 1. The smallest absolute Gasteiger partial charge is 0.347 e. The second-order valence-electron chi connectivity index (χ2n) is 4.82. The second kappa shape index (κ2) is 7.90. The lowest BCUT2D eigenvalue weighted by molar-refractivity contribution is -0.150. The predicted molar refractivity (Wildman–Crippen MR) is 80.0 cm³/mol. The Morgan fingerprint density at radius 3 is 2.55 bits per heavy atom. The molecule has 0 bridgehead atoms. The summed E-state index contributed by atoms with van der Waals surface area (Å²) in [7, 11) is 0. The van der Waals surface area contributed by atoms with Gasteiger partial charge in [0.25, 0.3) is 0 Å². The van der Waals surface area contributed by atoms with E-state index in [0.717, 1.165) is 17.9 Å². The van der Waals surface area contributed by atoms with Gasteiger partial charge in [0.1, 0.15) is 5.75 Å². The van der Waals surface area contributed by atoms with Crippen LogP contribution in [0.5, 0.6) is 5.75 Å². The minimum Gasteiger partial charge on any atom is -0.479 e. The van der Waals surface area contributed by atoms with Gasteiger partial charge >= 0.3 is 5.97 Å². The molecule has 20 heavy (non-hydrogen) atoms. The summed E-state index contributed by atoms with van der Waals surface area (Å²) in [6, 6.07) is 6.32. The molecule has 1 aromatic rings. The molecule has 2 unspecified atom stereocenters. The van der Waals surface area contributed by atoms with E-state index in [9.17, 15) is 4.79 Å². The number of carbonyl (C=O) groups is 1. The molecular formula is C16H25NO3. The Balaban J connectivity index is 2.75. The SMILES string of the molecule is CCNC(C)c1ccc(OC(C)C(=O)OCC)c(C)c1. The van der Waals surface area contributed by atoms with E-state index in [0.29, 0.717) is 12.6 Å². The van der Waals surface area contributed by atoms with E-state index in [1.54, 1.807) is 13.8 Å². The Hall–Kier alpha value is -1.55. The van der Waals surface area contributed by atoms with Gasteiger partial charge in [-0.05, 0) is 51.4 Å². The van der Waals surface area contributed by atoms with Crippen LogP contribution in [0.2, 0.25) is 0 Å². The Kier molecular flexibility index (Phi) is 6.52. The van der Waals surface area contributed by atoms with Crippen LogP contribution in [-0.2, 0) is 9.53 Å². The van der Waals surface area contributed by atoms with Crippen molar-refractivity contribution in [2.45, 2.75) is 46.8 Å². The van der Waals surface area contributed by atoms with E-state index in [1.165, 1.54) is 5.56 Å². The third-order valence-electron chi connectivity index (χ3n) is 3.13. The molecule has 4 nitrogen and oxygen atoms in total. The number of hydrogen-bond donors (Lipinski definition) is 1. The molecular weight excluding hydrogens is 254 g/mol. The molecule has 1 aromatic carbocycles. The Bertz CT molecular complexity index is 445. The van der Waals surface area contributed by atoms with Gasteiger partial charge in [0.05, 0.1) is 6.61 Å². The summed E-state index contributed by atoms with van der Waals surface area (Å²) in [5, 5.41) is 3.37. The topological polar surface area (TPSA) is 47.6 Å². The maximum atomic E-state index is 11.6. The Labute approximate surface area is 121 Å². The molecule has 112 valence electrons. The average molecular weight is 279 g/mol. The van der Waals surface area contributed by atoms with Crippen molar-refractivity contribution in [3.8, 4) is 5.75 Å². The first-order valence-corrected chi connectivity index (χ1v) is 7.16. The van der Waals surface area contributed by atoms with Crippen LogP contribution in [0.1, 0.15) is 44.9 Å². The van der Waals surface area contributed by atoms with Crippen molar-refractivity contribution in [2.24, 2.45) is 0 Å². The number of rotatable bonds is 7. The van der Waals surface area contributed by atoms with Gasteiger partial charge < -0.3 is 14.8 Å². The largest absolute Gasteiger partial charge is 0.479 e. The molecule has 0 saturated carbocycles. The fourth-order valence-electron chi connectivity index (χ4n) is 2.00. The van der Waals surface area contributed by atoms with Crippen molar-refractivity contribution in [1.82, 2.24) is 5.32 Å². The zero-order chi connectivity index (χ0) is 15.1. The monoisotopic (exact) mass is 279 g/mol. The molecule has 2 atom stereocenters. The summed E-state index contributed by atoms with van der Waals surface area (Å²) in [6.45, 7) is 11.0. The van der Waals surface area contributed by atoms with Gasteiger partial charge in [-0.1, -0.05) is 19.1 Å². The molecule has 0 heterocycles. The van der Waals surface area contributed by atoms with Crippen LogP contribution in [0.25, 0.3) is 0 Å². The van der Waals surface area contributed by atoms with Crippen molar-refractivity contribution < 1.29 is 14.3 Å². The van der Waals surface area contributed by atoms with Crippen LogP contribution < -0.4 is 10.1 Å². The summed E-state index contributed by atoms with van der Waals surface area (Å²) in [4.78, 5) is 11.6. The fraction of sp³-hybridized carbons (Fsp3) is 0.562. The van der Waals surface area contributed by atoms with Crippen LogP contribution >= 0.6 is 0 Å². The second-order valence-corrected chi connectivity index (χ2v) is 4.82. The quantitative estimate of drug-likeness (QED) is 0.779. The van der Waals surface area contributed by atoms with Gasteiger partial charge in [-0.25, -0.2) is 4.79 Å². The van der Waals surface area contributed by atoms with Gasteiger partial charge in [-0.3, -0.25) is 0 Å². The number of aryl methyl sites for hydroxylation is 1. The maximum Gasteiger partial charge on any atom is 0.347 e. The average Bonchev–Trinajstić information content (AvgIpc) is 2.41. The highest BCUT2D eigenvalue weighted by Gasteiger charge is 2.17.